The van der Waals surface area contributed by atoms with E-state index in [9.17, 15) is 0 Å². The van der Waals surface area contributed by atoms with Gasteiger partial charge >= 0.3 is 0 Å². The highest BCUT2D eigenvalue weighted by Gasteiger charge is 2.16. The van der Waals surface area contributed by atoms with Gasteiger partial charge in [-0.2, -0.15) is 0 Å². The van der Waals surface area contributed by atoms with Gasteiger partial charge in [-0.15, -0.1) is 5.10 Å². The van der Waals surface area contributed by atoms with Crippen LogP contribution in [0.1, 0.15) is 18.3 Å². The zero-order valence-electron chi connectivity index (χ0n) is 24.6. The van der Waals surface area contributed by atoms with Crippen LogP contribution in [-0.4, -0.2) is 24.6 Å². The van der Waals surface area contributed by atoms with E-state index in [0.717, 1.165) is 84.2 Å². The number of aromatic nitrogens is 5. The Morgan fingerprint density at radius 2 is 1.30 bits per heavy atom. The van der Waals surface area contributed by atoms with Crippen molar-refractivity contribution in [2.75, 3.05) is 0 Å². The second-order valence-corrected chi connectivity index (χ2v) is 11.2. The molecule has 8 aromatic rings. The maximum Gasteiger partial charge on any atom is 0.182 e. The lowest BCUT2D eigenvalue weighted by Gasteiger charge is -2.12. The molecule has 0 N–H and O–H groups in total. The molecule has 0 saturated heterocycles. The van der Waals surface area contributed by atoms with Crippen LogP contribution in [0.15, 0.2) is 128 Å². The number of pyridine rings is 3. The smallest absolute Gasteiger partial charge is 0.182 e. The van der Waals surface area contributed by atoms with Gasteiger partial charge in [-0.25, -0.2) is 9.50 Å². The van der Waals surface area contributed by atoms with Crippen LogP contribution in [0.4, 0.5) is 0 Å². The summed E-state index contributed by atoms with van der Waals surface area (Å²) >= 11 is 0. The predicted molar refractivity (Wildman–Crippen MR) is 179 cm³/mol. The molecule has 0 bridgehead atoms. The van der Waals surface area contributed by atoms with Crippen molar-refractivity contribution >= 4 is 27.5 Å². The predicted octanol–water partition coefficient (Wildman–Crippen LogP) is 9.36. The normalized spacial score (nSPS) is 11.5. The number of benzene rings is 4. The molecular weight excluding hydrogens is 538 g/mol. The molecule has 4 aromatic heterocycles. The summed E-state index contributed by atoms with van der Waals surface area (Å²) in [5.41, 5.74) is 12.3. The minimum Gasteiger partial charge on any atom is -0.251 e. The van der Waals surface area contributed by atoms with Gasteiger partial charge in [0.2, 0.25) is 0 Å². The summed E-state index contributed by atoms with van der Waals surface area (Å²) in [6, 6.07) is 42.3. The highest BCUT2D eigenvalue weighted by Crippen LogP contribution is 2.35. The summed E-state index contributed by atoms with van der Waals surface area (Å²) in [5.74, 6) is 0.686. The molecule has 0 aliphatic heterocycles. The summed E-state index contributed by atoms with van der Waals surface area (Å²) in [6.45, 7) is 4.17. The van der Waals surface area contributed by atoms with Crippen LogP contribution in [0, 0.1) is 6.92 Å². The van der Waals surface area contributed by atoms with E-state index in [1.165, 1.54) is 0 Å². The summed E-state index contributed by atoms with van der Waals surface area (Å²) in [5, 5.41) is 7.21. The van der Waals surface area contributed by atoms with E-state index in [4.69, 9.17) is 20.1 Å². The number of aryl methyl sites for hydroxylation is 2. The molecule has 4 aromatic carbocycles. The van der Waals surface area contributed by atoms with Crippen molar-refractivity contribution in [1.29, 1.82) is 0 Å². The summed E-state index contributed by atoms with van der Waals surface area (Å²) in [6.07, 6.45) is 2.91. The highest BCUT2D eigenvalue weighted by molar-refractivity contribution is 6.08. The van der Waals surface area contributed by atoms with Crippen LogP contribution in [-0.2, 0) is 6.42 Å². The lowest BCUT2D eigenvalue weighted by molar-refractivity contribution is 0.968. The molecule has 0 aliphatic carbocycles. The Kier molecular flexibility index (Phi) is 6.23. The van der Waals surface area contributed by atoms with Crippen molar-refractivity contribution in [2.24, 2.45) is 0 Å². The van der Waals surface area contributed by atoms with Gasteiger partial charge in [0.1, 0.15) is 0 Å². The van der Waals surface area contributed by atoms with Gasteiger partial charge in [-0.3, -0.25) is 9.97 Å². The maximum absolute atomic E-state index is 5.11. The van der Waals surface area contributed by atoms with E-state index in [-0.39, 0.29) is 0 Å². The average molecular weight is 568 g/mol. The topological polar surface area (TPSA) is 56.0 Å². The molecule has 210 valence electrons. The van der Waals surface area contributed by atoms with E-state index in [0.29, 0.717) is 5.82 Å². The zero-order valence-corrected chi connectivity index (χ0v) is 24.6. The van der Waals surface area contributed by atoms with Crippen LogP contribution >= 0.6 is 0 Å². The number of rotatable bonds is 5. The van der Waals surface area contributed by atoms with Crippen LogP contribution in [0.25, 0.3) is 72.2 Å². The monoisotopic (exact) mass is 567 g/mol. The van der Waals surface area contributed by atoms with Crippen molar-refractivity contribution in [3.05, 3.63) is 139 Å². The fourth-order valence-corrected chi connectivity index (χ4v) is 5.99. The van der Waals surface area contributed by atoms with E-state index in [2.05, 4.69) is 122 Å². The Hall–Kier alpha value is -5.68. The van der Waals surface area contributed by atoms with Gasteiger partial charge < -0.3 is 0 Å². The van der Waals surface area contributed by atoms with E-state index < -0.39 is 0 Å². The highest BCUT2D eigenvalue weighted by atomic mass is 15.3. The Labute approximate surface area is 255 Å². The summed E-state index contributed by atoms with van der Waals surface area (Å²) in [7, 11) is 0. The summed E-state index contributed by atoms with van der Waals surface area (Å²) in [4.78, 5) is 15.0. The van der Waals surface area contributed by atoms with Crippen LogP contribution in [0.3, 0.4) is 0 Å². The molecule has 0 fully saturated rings. The third kappa shape index (κ3) is 4.50. The van der Waals surface area contributed by atoms with Crippen molar-refractivity contribution in [3.63, 3.8) is 0 Å². The second kappa shape index (κ2) is 10.5. The first-order valence-corrected chi connectivity index (χ1v) is 15.0. The first kappa shape index (κ1) is 26.0. The van der Waals surface area contributed by atoms with Crippen LogP contribution in [0.5, 0.6) is 0 Å². The largest absolute Gasteiger partial charge is 0.251 e. The maximum atomic E-state index is 5.11. The molecule has 0 unspecified atom stereocenters. The van der Waals surface area contributed by atoms with E-state index in [1.807, 2.05) is 23.6 Å². The lowest BCUT2D eigenvalue weighted by Crippen LogP contribution is -1.95. The fraction of sp³-hybridized carbons (Fsp3) is 0.0769. The number of fused-ring (bicyclic) bond motifs is 4. The van der Waals surface area contributed by atoms with Gasteiger partial charge in [-0.1, -0.05) is 104 Å². The quantitative estimate of drug-likeness (QED) is 0.194. The molecule has 4 heterocycles. The summed E-state index contributed by atoms with van der Waals surface area (Å²) < 4.78 is 1.92. The van der Waals surface area contributed by atoms with Crippen molar-refractivity contribution in [1.82, 2.24) is 24.6 Å². The van der Waals surface area contributed by atoms with Crippen molar-refractivity contribution in [2.45, 2.75) is 20.3 Å². The third-order valence-corrected chi connectivity index (χ3v) is 8.25. The van der Waals surface area contributed by atoms with Crippen LogP contribution in [0.2, 0.25) is 0 Å². The molecule has 0 aliphatic rings. The van der Waals surface area contributed by atoms with Gasteiger partial charge in [0.05, 0.1) is 11.0 Å². The molecule has 0 spiro atoms. The zero-order chi connectivity index (χ0) is 29.6. The first-order chi connectivity index (χ1) is 21.6. The number of hydrogen-bond acceptors (Lipinski definition) is 4. The molecule has 0 saturated carbocycles. The average Bonchev–Trinajstić information content (AvgIpc) is 3.52. The van der Waals surface area contributed by atoms with Crippen molar-refractivity contribution in [3.8, 4) is 44.8 Å². The fourth-order valence-electron chi connectivity index (χ4n) is 5.99. The van der Waals surface area contributed by atoms with Gasteiger partial charge in [0.25, 0.3) is 0 Å². The molecule has 0 amide bonds. The lowest BCUT2D eigenvalue weighted by atomic mass is 9.96. The number of hydrogen-bond donors (Lipinski definition) is 0. The molecule has 0 radical (unpaired) electrons. The SMILES string of the molecule is CCc1cc(-c2cccc(-c3nc4c(-c5ccccc5)cc(-c5ccccc5)cn4n3)c2)c2ccc3ccc(C)nc3c2n1. The molecular formula is C39H29N5. The second-order valence-electron chi connectivity index (χ2n) is 11.2. The van der Waals surface area contributed by atoms with E-state index in [1.54, 1.807) is 0 Å². The molecule has 5 heteroatoms. The standard InChI is InChI=1S/C39H29N5/c1-3-32-23-34(33-20-19-28-18-17-25(2)40-36(28)37(33)41-32)29-15-10-16-30(21-29)38-42-39-35(27-13-8-5-9-14-27)22-31(24-44(39)43-38)26-11-6-4-7-12-26/h4-24H,3H2,1-2H3. The first-order valence-electron chi connectivity index (χ1n) is 15.0. The Bertz CT molecular complexity index is 2320. The molecule has 8 rings (SSSR count). The third-order valence-electron chi connectivity index (χ3n) is 8.25. The van der Waals surface area contributed by atoms with Gasteiger partial charge in [-0.05, 0) is 59.9 Å². The van der Waals surface area contributed by atoms with Crippen LogP contribution < -0.4 is 0 Å². The van der Waals surface area contributed by atoms with Gasteiger partial charge in [0, 0.05) is 45.0 Å². The Morgan fingerprint density at radius 1 is 0.568 bits per heavy atom. The number of nitrogens with zero attached hydrogens (tertiary/aromatic N) is 5. The molecule has 5 nitrogen and oxygen atoms in total. The van der Waals surface area contributed by atoms with E-state index >= 15 is 0 Å². The minimum absolute atomic E-state index is 0.686. The Morgan fingerprint density at radius 3 is 2.09 bits per heavy atom. The Balaban J connectivity index is 1.30. The van der Waals surface area contributed by atoms with Gasteiger partial charge in [0.15, 0.2) is 11.5 Å². The molecule has 0 atom stereocenters. The van der Waals surface area contributed by atoms with Crippen molar-refractivity contribution < 1.29 is 0 Å². The minimum atomic E-state index is 0.686. The molecule has 44 heavy (non-hydrogen) atoms.